The molecule has 4 aromatic carbocycles. The molecular formula is C38H32Br2N2Si. The number of para-hydroxylation sites is 2. The molecule has 5 heteroatoms. The van der Waals surface area contributed by atoms with Gasteiger partial charge in [0.15, 0.2) is 0 Å². The van der Waals surface area contributed by atoms with E-state index in [-0.39, 0.29) is 0 Å². The van der Waals surface area contributed by atoms with Gasteiger partial charge in [0, 0.05) is 65.4 Å². The van der Waals surface area contributed by atoms with Crippen LogP contribution in [0.15, 0.2) is 105 Å². The molecule has 0 aliphatic heterocycles. The average Bonchev–Trinajstić information content (AvgIpc) is 3.75. The van der Waals surface area contributed by atoms with Gasteiger partial charge in [0.1, 0.15) is 0 Å². The van der Waals surface area contributed by atoms with Gasteiger partial charge in [-0.1, -0.05) is 117 Å². The van der Waals surface area contributed by atoms with E-state index in [2.05, 4.69) is 166 Å². The Kier molecular flexibility index (Phi) is 6.21. The molecule has 6 aromatic rings. The standard InChI is InChI=1S/C38H32Br2N2Si/c1-21-13-27-29(15-23(17-33(27)39)31-19-41-35-11-7-5-9-25(31)35)37(21)43(3,4)38-22(2)14-28-30(38)16-24(18-34(28)40)32-20-42-36-12-8-6-10-26(32)36/h5-20,37-38,41-42H,1-4H3. The molecule has 0 amide bonds. The summed E-state index contributed by atoms with van der Waals surface area (Å²) in [5.74, 6) is 0. The van der Waals surface area contributed by atoms with Gasteiger partial charge >= 0.3 is 0 Å². The fourth-order valence-electron chi connectivity index (χ4n) is 8.25. The van der Waals surface area contributed by atoms with Crippen LogP contribution in [0.5, 0.6) is 0 Å². The molecule has 0 bridgehead atoms. The highest BCUT2D eigenvalue weighted by Crippen LogP contribution is 2.55. The molecular weight excluding hydrogens is 672 g/mol. The van der Waals surface area contributed by atoms with Crippen molar-refractivity contribution in [3.8, 4) is 22.3 Å². The van der Waals surface area contributed by atoms with Gasteiger partial charge in [0.05, 0.1) is 8.07 Å². The highest BCUT2D eigenvalue weighted by molar-refractivity contribution is 9.10. The number of aromatic amines is 2. The summed E-state index contributed by atoms with van der Waals surface area (Å²) in [6, 6.07) is 26.7. The third kappa shape index (κ3) is 4.08. The van der Waals surface area contributed by atoms with Gasteiger partial charge in [0.25, 0.3) is 0 Å². The third-order valence-corrected chi connectivity index (χ3v) is 15.7. The van der Waals surface area contributed by atoms with Crippen LogP contribution in [-0.2, 0) is 0 Å². The van der Waals surface area contributed by atoms with E-state index in [0.717, 1.165) is 0 Å². The number of hydrogen-bond donors (Lipinski definition) is 2. The number of hydrogen-bond acceptors (Lipinski definition) is 0. The molecule has 43 heavy (non-hydrogen) atoms. The fraction of sp³-hybridized carbons (Fsp3) is 0.158. The van der Waals surface area contributed by atoms with Crippen molar-refractivity contribution in [2.75, 3.05) is 0 Å². The smallest absolute Gasteiger partial charge is 0.0722 e. The second kappa shape index (κ2) is 9.81. The lowest BCUT2D eigenvalue weighted by Gasteiger charge is -2.39. The van der Waals surface area contributed by atoms with Gasteiger partial charge in [-0.05, 0) is 71.5 Å². The number of halogens is 2. The monoisotopic (exact) mass is 702 g/mol. The SMILES string of the molecule is CC1=Cc2c(Br)cc(-c3c[nH]c4ccccc34)cc2C1[Si](C)(C)C1C(C)=Cc2c(Br)cc(-c3c[nH]c4ccccc34)cc21. The van der Waals surface area contributed by atoms with Crippen LogP contribution >= 0.6 is 31.9 Å². The minimum absolute atomic E-state index is 0.416. The van der Waals surface area contributed by atoms with Crippen LogP contribution < -0.4 is 0 Å². The third-order valence-electron chi connectivity index (χ3n) is 9.89. The Bertz CT molecular complexity index is 2020. The van der Waals surface area contributed by atoms with Gasteiger partial charge in [-0.25, -0.2) is 0 Å². The van der Waals surface area contributed by atoms with Crippen LogP contribution in [0, 0.1) is 0 Å². The number of H-pyrrole nitrogens is 2. The Labute approximate surface area is 270 Å². The van der Waals surface area contributed by atoms with Crippen LogP contribution in [0.1, 0.15) is 47.2 Å². The molecule has 2 N–H and O–H groups in total. The van der Waals surface area contributed by atoms with Crippen molar-refractivity contribution in [2.45, 2.75) is 38.0 Å². The second-order valence-electron chi connectivity index (χ2n) is 12.9. The maximum atomic E-state index is 3.99. The van der Waals surface area contributed by atoms with Crippen molar-refractivity contribution < 1.29 is 0 Å². The van der Waals surface area contributed by atoms with E-state index in [1.165, 1.54) is 86.4 Å². The Hall–Kier alpha value is -3.38. The van der Waals surface area contributed by atoms with Gasteiger partial charge < -0.3 is 9.97 Å². The number of rotatable bonds is 4. The molecule has 2 heterocycles. The van der Waals surface area contributed by atoms with Gasteiger partial charge in [0.2, 0.25) is 0 Å². The van der Waals surface area contributed by atoms with E-state index < -0.39 is 8.07 Å². The summed E-state index contributed by atoms with van der Waals surface area (Å²) in [6.45, 7) is 9.92. The number of allylic oxidation sites excluding steroid dienone is 2. The highest BCUT2D eigenvalue weighted by atomic mass is 79.9. The minimum atomic E-state index is -2.03. The predicted octanol–water partition coefficient (Wildman–Crippen LogP) is 12.0. The first-order valence-electron chi connectivity index (χ1n) is 14.9. The van der Waals surface area contributed by atoms with Crippen molar-refractivity contribution in [1.82, 2.24) is 9.97 Å². The summed E-state index contributed by atoms with van der Waals surface area (Å²) >= 11 is 7.98. The van der Waals surface area contributed by atoms with E-state index in [1.807, 2.05) is 0 Å². The predicted molar refractivity (Wildman–Crippen MR) is 193 cm³/mol. The molecule has 2 nitrogen and oxygen atoms in total. The number of aromatic nitrogens is 2. The van der Waals surface area contributed by atoms with Crippen molar-refractivity contribution in [2.24, 2.45) is 0 Å². The maximum absolute atomic E-state index is 3.99. The minimum Gasteiger partial charge on any atom is -0.361 e. The van der Waals surface area contributed by atoms with Crippen LogP contribution in [0.4, 0.5) is 0 Å². The lowest BCUT2D eigenvalue weighted by Crippen LogP contribution is -2.42. The van der Waals surface area contributed by atoms with Gasteiger partial charge in [-0.2, -0.15) is 0 Å². The molecule has 0 saturated heterocycles. The number of benzene rings is 4. The van der Waals surface area contributed by atoms with Gasteiger partial charge in [-0.3, -0.25) is 0 Å². The van der Waals surface area contributed by atoms with E-state index in [4.69, 9.17) is 0 Å². The Morgan fingerprint density at radius 2 is 1.02 bits per heavy atom. The Morgan fingerprint density at radius 1 is 0.605 bits per heavy atom. The van der Waals surface area contributed by atoms with Crippen LogP contribution in [0.2, 0.25) is 13.1 Å². The van der Waals surface area contributed by atoms with Crippen LogP contribution in [-0.4, -0.2) is 18.0 Å². The normalized spacial score (nSPS) is 17.8. The molecule has 2 aromatic heterocycles. The molecule has 2 aliphatic rings. The first-order valence-corrected chi connectivity index (χ1v) is 19.6. The summed E-state index contributed by atoms with van der Waals surface area (Å²) in [6.07, 6.45) is 9.20. The van der Waals surface area contributed by atoms with Crippen molar-refractivity contribution >= 4 is 73.9 Å². The zero-order valence-electron chi connectivity index (χ0n) is 24.6. The highest BCUT2D eigenvalue weighted by Gasteiger charge is 2.47. The van der Waals surface area contributed by atoms with Crippen LogP contribution in [0.3, 0.4) is 0 Å². The molecule has 212 valence electrons. The quantitative estimate of drug-likeness (QED) is 0.171. The average molecular weight is 705 g/mol. The lowest BCUT2D eigenvalue weighted by molar-refractivity contribution is 0.968. The summed E-state index contributed by atoms with van der Waals surface area (Å²) in [5.41, 5.74) is 16.8. The van der Waals surface area contributed by atoms with E-state index in [0.29, 0.717) is 11.1 Å². The van der Waals surface area contributed by atoms with Crippen molar-refractivity contribution in [3.05, 3.63) is 128 Å². The van der Waals surface area contributed by atoms with Crippen LogP contribution in [0.25, 0.3) is 56.2 Å². The Balaban J connectivity index is 1.26. The molecule has 0 fully saturated rings. The zero-order chi connectivity index (χ0) is 29.6. The first-order chi connectivity index (χ1) is 20.7. The fourth-order valence-corrected chi connectivity index (χ4v) is 14.4. The molecule has 2 aliphatic carbocycles. The molecule has 2 unspecified atom stereocenters. The van der Waals surface area contributed by atoms with E-state index in [9.17, 15) is 0 Å². The summed E-state index contributed by atoms with van der Waals surface area (Å²) in [7, 11) is -2.03. The van der Waals surface area contributed by atoms with Crippen molar-refractivity contribution in [3.63, 3.8) is 0 Å². The van der Waals surface area contributed by atoms with E-state index >= 15 is 0 Å². The zero-order valence-corrected chi connectivity index (χ0v) is 28.8. The molecule has 0 spiro atoms. The molecule has 0 saturated carbocycles. The summed E-state index contributed by atoms with van der Waals surface area (Å²) < 4.78 is 2.36. The van der Waals surface area contributed by atoms with Gasteiger partial charge in [-0.15, -0.1) is 0 Å². The Morgan fingerprint density at radius 3 is 1.47 bits per heavy atom. The number of nitrogens with one attached hydrogen (secondary N) is 2. The first kappa shape index (κ1) is 27.2. The largest absolute Gasteiger partial charge is 0.361 e. The summed E-state index contributed by atoms with van der Waals surface area (Å²) in [5, 5.41) is 2.53. The molecule has 0 radical (unpaired) electrons. The molecule has 2 atom stereocenters. The topological polar surface area (TPSA) is 31.6 Å². The lowest BCUT2D eigenvalue weighted by atomic mass is 9.99. The second-order valence-corrected chi connectivity index (χ2v) is 19.4. The molecule has 8 rings (SSSR count). The van der Waals surface area contributed by atoms with E-state index in [1.54, 1.807) is 0 Å². The number of fused-ring (bicyclic) bond motifs is 4. The van der Waals surface area contributed by atoms with Crippen molar-refractivity contribution in [1.29, 1.82) is 0 Å². The maximum Gasteiger partial charge on any atom is 0.0722 e. The summed E-state index contributed by atoms with van der Waals surface area (Å²) in [4.78, 5) is 6.97.